The van der Waals surface area contributed by atoms with Gasteiger partial charge >= 0.3 is 5.97 Å². The van der Waals surface area contributed by atoms with Crippen molar-refractivity contribution in [1.29, 1.82) is 0 Å². The Labute approximate surface area is 103 Å². The Bertz CT molecular complexity index is 469. The van der Waals surface area contributed by atoms with Gasteiger partial charge in [-0.2, -0.15) is 0 Å². The van der Waals surface area contributed by atoms with E-state index in [0.29, 0.717) is 5.56 Å². The molecular formula is C12H12FNO4. The van der Waals surface area contributed by atoms with Crippen molar-refractivity contribution in [2.24, 2.45) is 0 Å². The van der Waals surface area contributed by atoms with Gasteiger partial charge in [0.25, 0.3) is 0 Å². The molecule has 0 fully saturated rings. The van der Waals surface area contributed by atoms with Crippen LogP contribution in [0.1, 0.15) is 12.0 Å². The van der Waals surface area contributed by atoms with Gasteiger partial charge in [0.05, 0.1) is 6.42 Å². The molecule has 1 aromatic rings. The minimum Gasteiger partial charge on any atom is -0.475 e. The average molecular weight is 253 g/mol. The number of halogens is 1. The van der Waals surface area contributed by atoms with Gasteiger partial charge in [-0.15, -0.1) is 0 Å². The molecule has 18 heavy (non-hydrogen) atoms. The van der Waals surface area contributed by atoms with Crippen LogP contribution in [0.2, 0.25) is 0 Å². The molecule has 1 aromatic carbocycles. The summed E-state index contributed by atoms with van der Waals surface area (Å²) >= 11 is 0. The highest BCUT2D eigenvalue weighted by atomic mass is 19.1. The van der Waals surface area contributed by atoms with Crippen molar-refractivity contribution in [2.45, 2.75) is 13.0 Å². The second kappa shape index (κ2) is 5.90. The molecule has 96 valence electrons. The monoisotopic (exact) mass is 253 g/mol. The lowest BCUT2D eigenvalue weighted by molar-refractivity contribution is -0.151. The first-order valence-electron chi connectivity index (χ1n) is 5.14. The molecule has 0 aliphatic rings. The number of carboxylic acid groups (broad SMARTS) is 1. The second-order valence-electron chi connectivity index (χ2n) is 3.78. The number of aliphatic carboxylic acids is 1. The summed E-state index contributed by atoms with van der Waals surface area (Å²) in [6.07, 6.45) is -0.674. The van der Waals surface area contributed by atoms with E-state index in [1.807, 2.05) is 0 Å². The number of amides is 1. The van der Waals surface area contributed by atoms with Crippen molar-refractivity contribution in [3.8, 4) is 0 Å². The molecule has 0 aliphatic carbocycles. The van der Waals surface area contributed by atoms with E-state index >= 15 is 0 Å². The minimum atomic E-state index is -1.63. The Hall–Kier alpha value is -2.24. The number of Topliss-reactive ketones (excluding diaryl/α,β-unsaturated/α-hetero) is 1. The summed E-state index contributed by atoms with van der Waals surface area (Å²) in [5.74, 6) is -3.75. The molecule has 1 amide bonds. The van der Waals surface area contributed by atoms with Gasteiger partial charge in [0.1, 0.15) is 5.82 Å². The standard InChI is InChI=1S/C12H12FNO4/c1-14(11(16)6-10(15)12(17)18)7-8-2-4-9(13)5-3-8/h2-5H,6-7H2,1H3,(H,17,18). The summed E-state index contributed by atoms with van der Waals surface area (Å²) in [5, 5.41) is 8.37. The summed E-state index contributed by atoms with van der Waals surface area (Å²) < 4.78 is 12.7. The fourth-order valence-corrected chi connectivity index (χ4v) is 1.30. The third kappa shape index (κ3) is 3.97. The lowest BCUT2D eigenvalue weighted by atomic mass is 10.2. The van der Waals surface area contributed by atoms with Gasteiger partial charge in [0.2, 0.25) is 11.7 Å². The van der Waals surface area contributed by atoms with E-state index in [1.54, 1.807) is 0 Å². The van der Waals surface area contributed by atoms with Gasteiger partial charge < -0.3 is 10.0 Å². The largest absolute Gasteiger partial charge is 0.475 e. The molecule has 1 rings (SSSR count). The van der Waals surface area contributed by atoms with Crippen molar-refractivity contribution in [3.05, 3.63) is 35.6 Å². The van der Waals surface area contributed by atoms with Gasteiger partial charge in [-0.1, -0.05) is 12.1 Å². The van der Waals surface area contributed by atoms with E-state index < -0.39 is 24.1 Å². The maximum Gasteiger partial charge on any atom is 0.372 e. The Kier molecular flexibility index (Phi) is 4.53. The molecule has 5 nitrogen and oxygen atoms in total. The van der Waals surface area contributed by atoms with Crippen LogP contribution in [-0.2, 0) is 20.9 Å². The Morgan fingerprint density at radius 2 is 1.78 bits per heavy atom. The number of nitrogens with zero attached hydrogens (tertiary/aromatic N) is 1. The van der Waals surface area contributed by atoms with E-state index in [4.69, 9.17) is 5.11 Å². The van der Waals surface area contributed by atoms with Crippen LogP contribution in [0.4, 0.5) is 4.39 Å². The third-order valence-corrected chi connectivity index (χ3v) is 2.31. The fourth-order valence-electron chi connectivity index (χ4n) is 1.30. The number of hydrogen-bond acceptors (Lipinski definition) is 3. The van der Waals surface area contributed by atoms with E-state index in [9.17, 15) is 18.8 Å². The summed E-state index contributed by atoms with van der Waals surface area (Å²) in [6, 6.07) is 5.54. The molecule has 0 radical (unpaired) electrons. The van der Waals surface area contributed by atoms with Crippen LogP contribution in [0, 0.1) is 5.82 Å². The van der Waals surface area contributed by atoms with Crippen molar-refractivity contribution >= 4 is 17.7 Å². The van der Waals surface area contributed by atoms with Crippen LogP contribution < -0.4 is 0 Å². The van der Waals surface area contributed by atoms with Gasteiger partial charge in [0.15, 0.2) is 0 Å². The number of hydrogen-bond donors (Lipinski definition) is 1. The number of carboxylic acids is 1. The quantitative estimate of drug-likeness (QED) is 0.623. The molecular weight excluding hydrogens is 241 g/mol. The van der Waals surface area contributed by atoms with Crippen molar-refractivity contribution < 1.29 is 23.9 Å². The molecule has 1 N–H and O–H groups in total. The zero-order valence-corrected chi connectivity index (χ0v) is 9.72. The SMILES string of the molecule is CN(Cc1ccc(F)cc1)C(=O)CC(=O)C(=O)O. The molecule has 0 heterocycles. The van der Waals surface area contributed by atoms with Gasteiger partial charge in [-0.3, -0.25) is 9.59 Å². The molecule has 0 aromatic heterocycles. The van der Waals surface area contributed by atoms with Crippen LogP contribution in [0.25, 0.3) is 0 Å². The van der Waals surface area contributed by atoms with Crippen LogP contribution in [0.5, 0.6) is 0 Å². The predicted octanol–water partition coefficient (Wildman–Crippen LogP) is 0.828. The lowest BCUT2D eigenvalue weighted by Gasteiger charge is -2.16. The molecule has 0 atom stereocenters. The van der Waals surface area contributed by atoms with Crippen LogP contribution >= 0.6 is 0 Å². The normalized spacial score (nSPS) is 9.89. The van der Waals surface area contributed by atoms with Crippen molar-refractivity contribution in [1.82, 2.24) is 4.90 Å². The summed E-state index contributed by atoms with van der Waals surface area (Å²) in [4.78, 5) is 33.9. The number of carbonyl (C=O) groups excluding carboxylic acids is 2. The third-order valence-electron chi connectivity index (χ3n) is 2.31. The number of rotatable bonds is 5. The average Bonchev–Trinajstić information content (AvgIpc) is 2.31. The topological polar surface area (TPSA) is 74.7 Å². The van der Waals surface area contributed by atoms with Gasteiger partial charge in [0, 0.05) is 13.6 Å². The Morgan fingerprint density at radius 1 is 1.22 bits per heavy atom. The molecule has 6 heteroatoms. The summed E-state index contributed by atoms with van der Waals surface area (Å²) in [6.45, 7) is 0.187. The summed E-state index contributed by atoms with van der Waals surface area (Å²) in [5.41, 5.74) is 0.690. The first kappa shape index (κ1) is 13.8. The Balaban J connectivity index is 2.57. The molecule has 0 aliphatic heterocycles. The highest BCUT2D eigenvalue weighted by Crippen LogP contribution is 2.06. The van der Waals surface area contributed by atoms with Crippen LogP contribution in [0.15, 0.2) is 24.3 Å². The van der Waals surface area contributed by atoms with Crippen LogP contribution in [-0.4, -0.2) is 34.7 Å². The van der Waals surface area contributed by atoms with Gasteiger partial charge in [-0.05, 0) is 17.7 Å². The first-order valence-corrected chi connectivity index (χ1v) is 5.14. The van der Waals surface area contributed by atoms with Crippen molar-refractivity contribution in [2.75, 3.05) is 7.05 Å². The molecule has 0 bridgehead atoms. The Morgan fingerprint density at radius 3 is 2.28 bits per heavy atom. The maximum absolute atomic E-state index is 12.7. The fraction of sp³-hybridized carbons (Fsp3) is 0.250. The first-order chi connectivity index (χ1) is 8.40. The van der Waals surface area contributed by atoms with E-state index in [2.05, 4.69) is 0 Å². The molecule has 0 unspecified atom stereocenters. The zero-order chi connectivity index (χ0) is 13.7. The second-order valence-corrected chi connectivity index (χ2v) is 3.78. The maximum atomic E-state index is 12.7. The highest BCUT2D eigenvalue weighted by molar-refractivity contribution is 6.36. The molecule has 0 saturated heterocycles. The van der Waals surface area contributed by atoms with Crippen molar-refractivity contribution in [3.63, 3.8) is 0 Å². The minimum absolute atomic E-state index is 0.187. The zero-order valence-electron chi connectivity index (χ0n) is 9.72. The number of ketones is 1. The van der Waals surface area contributed by atoms with E-state index in [0.717, 1.165) is 0 Å². The van der Waals surface area contributed by atoms with Gasteiger partial charge in [-0.25, -0.2) is 9.18 Å². The summed E-state index contributed by atoms with van der Waals surface area (Å²) in [7, 11) is 1.45. The highest BCUT2D eigenvalue weighted by Gasteiger charge is 2.19. The smallest absolute Gasteiger partial charge is 0.372 e. The van der Waals surface area contributed by atoms with E-state index in [-0.39, 0.29) is 12.4 Å². The number of carbonyl (C=O) groups is 3. The lowest BCUT2D eigenvalue weighted by Crippen LogP contribution is -2.30. The molecule has 0 saturated carbocycles. The van der Waals surface area contributed by atoms with Crippen LogP contribution in [0.3, 0.4) is 0 Å². The van der Waals surface area contributed by atoms with E-state index in [1.165, 1.54) is 36.2 Å². The number of benzene rings is 1. The molecule has 0 spiro atoms. The predicted molar refractivity (Wildman–Crippen MR) is 60.1 cm³/mol.